The third-order valence-electron chi connectivity index (χ3n) is 2.04. The maximum atomic E-state index is 5.58. The molecule has 0 aliphatic rings. The van der Waals surface area contributed by atoms with E-state index >= 15 is 0 Å². The van der Waals surface area contributed by atoms with Gasteiger partial charge in [0.15, 0.2) is 11.5 Å². The normalized spacial score (nSPS) is 10.4. The Kier molecular flexibility index (Phi) is 8.28. The van der Waals surface area contributed by atoms with Crippen LogP contribution in [0, 0.1) is 0 Å². The summed E-state index contributed by atoms with van der Waals surface area (Å²) in [5.74, 6) is 1.54. The second kappa shape index (κ2) is 8.90. The zero-order valence-corrected chi connectivity index (χ0v) is 11.4. The molecule has 0 radical (unpaired) electrons. The Balaban J connectivity index is 0.00000256. The van der Waals surface area contributed by atoms with E-state index in [0.717, 1.165) is 18.0 Å². The largest absolute Gasteiger partial charge is 0.493 e. The van der Waals surface area contributed by atoms with Crippen molar-refractivity contribution in [2.75, 3.05) is 34.4 Å². The van der Waals surface area contributed by atoms with Crippen LogP contribution in [0.2, 0.25) is 0 Å². The molecule has 0 bridgehead atoms. The minimum atomic E-state index is 0. The highest BCUT2D eigenvalue weighted by Crippen LogP contribution is 2.25. The van der Waals surface area contributed by atoms with Crippen LogP contribution in [0.15, 0.2) is 36.4 Å². The van der Waals surface area contributed by atoms with Crippen molar-refractivity contribution in [3.05, 3.63) is 36.4 Å². The van der Waals surface area contributed by atoms with Crippen molar-refractivity contribution < 1.29 is 9.47 Å². The first-order valence-corrected chi connectivity index (χ1v) is 5.29. The van der Waals surface area contributed by atoms with E-state index in [0.29, 0.717) is 6.61 Å². The van der Waals surface area contributed by atoms with Gasteiger partial charge in [0.05, 0.1) is 7.11 Å². The number of benzene rings is 1. The van der Waals surface area contributed by atoms with E-state index in [9.17, 15) is 0 Å². The first-order chi connectivity index (χ1) is 7.74. The lowest BCUT2D eigenvalue weighted by Crippen LogP contribution is -2.10. The van der Waals surface area contributed by atoms with Crippen LogP contribution < -0.4 is 9.47 Å². The van der Waals surface area contributed by atoms with Gasteiger partial charge in [-0.2, -0.15) is 0 Å². The highest BCUT2D eigenvalue weighted by atomic mass is 35.5. The fourth-order valence-corrected chi connectivity index (χ4v) is 1.23. The summed E-state index contributed by atoms with van der Waals surface area (Å²) < 4.78 is 10.8. The summed E-state index contributed by atoms with van der Waals surface area (Å²) >= 11 is 0. The molecule has 1 aromatic carbocycles. The topological polar surface area (TPSA) is 21.7 Å². The average molecular weight is 258 g/mol. The van der Waals surface area contributed by atoms with Crippen LogP contribution in [0.1, 0.15) is 0 Å². The first-order valence-electron chi connectivity index (χ1n) is 5.29. The van der Waals surface area contributed by atoms with Gasteiger partial charge in [-0.15, -0.1) is 12.4 Å². The molecular weight excluding hydrogens is 238 g/mol. The van der Waals surface area contributed by atoms with Gasteiger partial charge in [-0.3, -0.25) is 0 Å². The predicted octanol–water partition coefficient (Wildman–Crippen LogP) is 2.61. The van der Waals surface area contributed by atoms with Gasteiger partial charge in [0.2, 0.25) is 0 Å². The molecule has 1 rings (SSSR count). The summed E-state index contributed by atoms with van der Waals surface area (Å²) in [6.45, 7) is 1.49. The summed E-state index contributed by atoms with van der Waals surface area (Å²) in [6, 6.07) is 7.65. The zero-order chi connectivity index (χ0) is 11.8. The molecule has 0 heterocycles. The summed E-state index contributed by atoms with van der Waals surface area (Å²) in [4.78, 5) is 2.10. The molecule has 17 heavy (non-hydrogen) atoms. The highest BCUT2D eigenvalue weighted by molar-refractivity contribution is 5.85. The third kappa shape index (κ3) is 6.19. The van der Waals surface area contributed by atoms with Gasteiger partial charge in [-0.05, 0) is 26.2 Å². The number of nitrogens with zero attached hydrogens (tertiary/aromatic N) is 1. The fourth-order valence-electron chi connectivity index (χ4n) is 1.23. The Labute approximate surface area is 109 Å². The molecule has 0 saturated carbocycles. The monoisotopic (exact) mass is 257 g/mol. The zero-order valence-electron chi connectivity index (χ0n) is 10.6. The number of hydrogen-bond acceptors (Lipinski definition) is 3. The lowest BCUT2D eigenvalue weighted by molar-refractivity contribution is 0.325. The van der Waals surface area contributed by atoms with Crippen molar-refractivity contribution in [2.24, 2.45) is 0 Å². The van der Waals surface area contributed by atoms with Crippen LogP contribution in [0.5, 0.6) is 11.5 Å². The van der Waals surface area contributed by atoms with Crippen LogP contribution in [-0.2, 0) is 0 Å². The molecule has 0 saturated heterocycles. The minimum Gasteiger partial charge on any atom is -0.493 e. The average Bonchev–Trinajstić information content (AvgIpc) is 2.29. The summed E-state index contributed by atoms with van der Waals surface area (Å²) in [7, 11) is 5.71. The van der Waals surface area contributed by atoms with Crippen molar-refractivity contribution in [1.29, 1.82) is 0 Å². The standard InChI is InChI=1S/C13H19NO2.ClH/c1-14(2)10-6-7-11-16-13-9-5-4-8-12(13)15-3;/h4-9H,10-11H2,1-3H3;1H. The predicted molar refractivity (Wildman–Crippen MR) is 73.4 cm³/mol. The number of para-hydroxylation sites is 2. The van der Waals surface area contributed by atoms with E-state index in [-0.39, 0.29) is 12.4 Å². The highest BCUT2D eigenvalue weighted by Gasteiger charge is 1.99. The third-order valence-corrected chi connectivity index (χ3v) is 2.04. The Morgan fingerprint density at radius 1 is 1.12 bits per heavy atom. The summed E-state index contributed by atoms with van der Waals surface area (Å²) in [5.41, 5.74) is 0. The summed E-state index contributed by atoms with van der Waals surface area (Å²) in [5, 5.41) is 0. The molecular formula is C13H20ClNO2. The Bertz CT molecular complexity index is 340. The van der Waals surface area contributed by atoms with Crippen molar-refractivity contribution in [3.8, 4) is 11.5 Å². The molecule has 0 aromatic heterocycles. The van der Waals surface area contributed by atoms with Gasteiger partial charge in [0, 0.05) is 6.54 Å². The van der Waals surface area contributed by atoms with Crippen molar-refractivity contribution in [1.82, 2.24) is 4.90 Å². The number of ether oxygens (including phenoxy) is 2. The molecule has 0 N–H and O–H groups in total. The SMILES string of the molecule is COc1ccccc1OCC=CCN(C)C.Cl. The molecule has 0 amide bonds. The van der Waals surface area contributed by atoms with Gasteiger partial charge in [-0.25, -0.2) is 0 Å². The molecule has 96 valence electrons. The van der Waals surface area contributed by atoms with E-state index < -0.39 is 0 Å². The van der Waals surface area contributed by atoms with Crippen LogP contribution >= 0.6 is 12.4 Å². The van der Waals surface area contributed by atoms with Gasteiger partial charge in [-0.1, -0.05) is 24.3 Å². The lowest BCUT2D eigenvalue weighted by atomic mass is 10.3. The van der Waals surface area contributed by atoms with E-state index in [1.165, 1.54) is 0 Å². The molecule has 0 atom stereocenters. The molecule has 0 fully saturated rings. The van der Waals surface area contributed by atoms with Gasteiger partial charge in [0.25, 0.3) is 0 Å². The smallest absolute Gasteiger partial charge is 0.161 e. The first kappa shape index (κ1) is 15.8. The molecule has 0 spiro atoms. The number of rotatable bonds is 6. The van der Waals surface area contributed by atoms with Gasteiger partial charge in [0.1, 0.15) is 6.61 Å². The molecule has 0 aliphatic carbocycles. The van der Waals surface area contributed by atoms with E-state index in [1.807, 2.05) is 44.4 Å². The number of methoxy groups -OCH3 is 1. The lowest BCUT2D eigenvalue weighted by Gasteiger charge is -2.08. The van der Waals surface area contributed by atoms with E-state index in [4.69, 9.17) is 9.47 Å². The molecule has 0 unspecified atom stereocenters. The van der Waals surface area contributed by atoms with Gasteiger partial charge < -0.3 is 14.4 Å². The van der Waals surface area contributed by atoms with Gasteiger partial charge >= 0.3 is 0 Å². The van der Waals surface area contributed by atoms with E-state index in [1.54, 1.807) is 7.11 Å². The van der Waals surface area contributed by atoms with Crippen LogP contribution in [0.3, 0.4) is 0 Å². The summed E-state index contributed by atoms with van der Waals surface area (Å²) in [6.07, 6.45) is 4.09. The number of halogens is 1. The van der Waals surface area contributed by atoms with Crippen molar-refractivity contribution in [2.45, 2.75) is 0 Å². The number of likely N-dealkylation sites (N-methyl/N-ethyl adjacent to an activating group) is 1. The quantitative estimate of drug-likeness (QED) is 0.732. The van der Waals surface area contributed by atoms with Crippen molar-refractivity contribution in [3.63, 3.8) is 0 Å². The second-order valence-corrected chi connectivity index (χ2v) is 3.70. The second-order valence-electron chi connectivity index (χ2n) is 3.70. The Morgan fingerprint density at radius 2 is 1.76 bits per heavy atom. The molecule has 3 nitrogen and oxygen atoms in total. The molecule has 0 aliphatic heterocycles. The molecule has 4 heteroatoms. The maximum Gasteiger partial charge on any atom is 0.161 e. The van der Waals surface area contributed by atoms with Crippen molar-refractivity contribution >= 4 is 12.4 Å². The molecule has 1 aromatic rings. The maximum absolute atomic E-state index is 5.58. The van der Waals surface area contributed by atoms with Crippen LogP contribution in [0.4, 0.5) is 0 Å². The van der Waals surface area contributed by atoms with E-state index in [2.05, 4.69) is 11.0 Å². The number of hydrogen-bond donors (Lipinski definition) is 0. The Hall–Kier alpha value is -1.19. The van der Waals surface area contributed by atoms with Crippen LogP contribution in [-0.4, -0.2) is 39.3 Å². The minimum absolute atomic E-state index is 0. The van der Waals surface area contributed by atoms with Crippen LogP contribution in [0.25, 0.3) is 0 Å². The fraction of sp³-hybridized carbons (Fsp3) is 0.385. The Morgan fingerprint density at radius 3 is 2.35 bits per heavy atom.